The number of pyridine rings is 1. The predicted octanol–water partition coefficient (Wildman–Crippen LogP) is 4.82. The van der Waals surface area contributed by atoms with Crippen molar-refractivity contribution in [2.45, 2.75) is 6.92 Å². The van der Waals surface area contributed by atoms with Crippen LogP contribution in [0.2, 0.25) is 0 Å². The molecule has 0 radical (unpaired) electrons. The Bertz CT molecular complexity index is 1220. The Morgan fingerprint density at radius 2 is 1.93 bits per heavy atom. The predicted molar refractivity (Wildman–Crippen MR) is 115 cm³/mol. The second-order valence-corrected chi connectivity index (χ2v) is 6.71. The van der Waals surface area contributed by atoms with Crippen LogP contribution in [0.3, 0.4) is 0 Å². The second-order valence-electron chi connectivity index (χ2n) is 6.71. The minimum Gasteiger partial charge on any atom is -0.465 e. The number of carbonyl (C=O) groups excluding carboxylic acids is 1. The molecule has 0 aliphatic heterocycles. The number of carbonyl (C=O) groups is 1. The van der Waals surface area contributed by atoms with Gasteiger partial charge in [0.2, 0.25) is 0 Å². The van der Waals surface area contributed by atoms with Crippen molar-refractivity contribution in [2.24, 2.45) is 0 Å². The molecule has 2 aromatic carbocycles. The largest absolute Gasteiger partial charge is 0.465 e. The van der Waals surface area contributed by atoms with E-state index >= 15 is 0 Å². The van der Waals surface area contributed by atoms with Gasteiger partial charge in [0.15, 0.2) is 11.6 Å². The van der Waals surface area contributed by atoms with Gasteiger partial charge in [-0.3, -0.25) is 0 Å². The molecule has 7 nitrogen and oxygen atoms in total. The number of ether oxygens (including phenoxy) is 1. The monoisotopic (exact) mass is 400 g/mol. The van der Waals surface area contributed by atoms with E-state index in [0.717, 1.165) is 16.8 Å². The first-order valence-corrected chi connectivity index (χ1v) is 9.30. The fourth-order valence-corrected chi connectivity index (χ4v) is 3.09. The Balaban J connectivity index is 1.64. The van der Waals surface area contributed by atoms with Crippen LogP contribution in [0.1, 0.15) is 15.9 Å². The molecule has 0 saturated heterocycles. The summed E-state index contributed by atoms with van der Waals surface area (Å²) >= 11 is 0. The maximum absolute atomic E-state index is 12.0. The summed E-state index contributed by atoms with van der Waals surface area (Å²) in [6, 6.07) is 18.4. The molecule has 0 aliphatic rings. The molecule has 3 N–H and O–H groups in total. The number of aromatic nitrogens is 2. The van der Waals surface area contributed by atoms with Gasteiger partial charge in [-0.15, -0.1) is 0 Å². The van der Waals surface area contributed by atoms with Gasteiger partial charge < -0.3 is 20.3 Å². The molecule has 4 rings (SSSR count). The summed E-state index contributed by atoms with van der Waals surface area (Å²) in [5.41, 5.74) is 10.9. The number of nitrogens with one attached hydrogen (secondary N) is 1. The number of hydrogen-bond acceptors (Lipinski definition) is 7. The van der Waals surface area contributed by atoms with Gasteiger partial charge >= 0.3 is 5.97 Å². The van der Waals surface area contributed by atoms with Crippen LogP contribution in [0.4, 0.5) is 17.2 Å². The lowest BCUT2D eigenvalue weighted by Crippen LogP contribution is -2.03. The van der Waals surface area contributed by atoms with Crippen molar-refractivity contribution >= 4 is 23.2 Å². The molecule has 0 unspecified atom stereocenters. The number of anilines is 3. The summed E-state index contributed by atoms with van der Waals surface area (Å²) in [7, 11) is 1.35. The lowest BCUT2D eigenvalue weighted by molar-refractivity contribution is 0.0601. The number of esters is 1. The summed E-state index contributed by atoms with van der Waals surface area (Å²) in [5, 5.41) is 7.38. The summed E-state index contributed by atoms with van der Waals surface area (Å²) in [5.74, 6) is 0.737. The van der Waals surface area contributed by atoms with E-state index < -0.39 is 5.97 Å². The average Bonchev–Trinajstić information content (AvgIpc) is 3.27. The Kier molecular flexibility index (Phi) is 5.17. The number of hydrogen-bond donors (Lipinski definition) is 2. The van der Waals surface area contributed by atoms with Crippen LogP contribution in [-0.4, -0.2) is 23.2 Å². The molecule has 0 fully saturated rings. The third-order valence-electron chi connectivity index (χ3n) is 4.74. The highest BCUT2D eigenvalue weighted by Crippen LogP contribution is 2.31. The number of benzene rings is 2. The van der Waals surface area contributed by atoms with Gasteiger partial charge in [0.05, 0.1) is 18.4 Å². The molecule has 0 bridgehead atoms. The van der Waals surface area contributed by atoms with Crippen molar-refractivity contribution < 1.29 is 14.1 Å². The van der Waals surface area contributed by atoms with Crippen molar-refractivity contribution in [3.63, 3.8) is 0 Å². The minimum atomic E-state index is -0.426. The van der Waals surface area contributed by atoms with Crippen LogP contribution in [0.5, 0.6) is 0 Å². The molecule has 0 amide bonds. The molecule has 2 heterocycles. The van der Waals surface area contributed by atoms with Gasteiger partial charge in [-0.25, -0.2) is 9.78 Å². The van der Waals surface area contributed by atoms with E-state index in [1.54, 1.807) is 30.5 Å². The third kappa shape index (κ3) is 3.73. The molecule has 150 valence electrons. The highest BCUT2D eigenvalue weighted by molar-refractivity contribution is 5.96. The molecular formula is C23H20N4O3. The van der Waals surface area contributed by atoms with Crippen LogP contribution in [0, 0.1) is 6.92 Å². The van der Waals surface area contributed by atoms with E-state index in [0.29, 0.717) is 34.1 Å². The number of nitrogens with zero attached hydrogens (tertiary/aromatic N) is 2. The van der Waals surface area contributed by atoms with E-state index in [-0.39, 0.29) is 0 Å². The molecule has 0 atom stereocenters. The minimum absolute atomic E-state index is 0.426. The Labute approximate surface area is 173 Å². The standard InChI is InChI=1S/C23H20N4O3/c1-14-10-11-25-22(21(14)24)26-16-7-5-6-15(12-16)20-13-19(27-30-20)17-8-3-4-9-18(17)23(28)29-2/h3-13H,24H2,1-2H3,(H,25,26). The summed E-state index contributed by atoms with van der Waals surface area (Å²) in [6.45, 7) is 1.93. The molecule has 30 heavy (non-hydrogen) atoms. The topological polar surface area (TPSA) is 103 Å². The maximum Gasteiger partial charge on any atom is 0.338 e. The molecule has 2 aromatic heterocycles. The maximum atomic E-state index is 12.0. The quantitative estimate of drug-likeness (QED) is 0.463. The van der Waals surface area contributed by atoms with Crippen LogP contribution in [0.25, 0.3) is 22.6 Å². The van der Waals surface area contributed by atoms with Crippen LogP contribution >= 0.6 is 0 Å². The normalized spacial score (nSPS) is 10.6. The zero-order chi connectivity index (χ0) is 21.1. The van der Waals surface area contributed by atoms with Crippen LogP contribution in [-0.2, 0) is 4.74 Å². The number of methoxy groups -OCH3 is 1. The fourth-order valence-electron chi connectivity index (χ4n) is 3.09. The smallest absolute Gasteiger partial charge is 0.338 e. The molecule has 0 saturated carbocycles. The van der Waals surface area contributed by atoms with E-state index in [2.05, 4.69) is 15.5 Å². The number of rotatable bonds is 5. The first-order valence-electron chi connectivity index (χ1n) is 9.30. The number of aryl methyl sites for hydroxylation is 1. The van der Waals surface area contributed by atoms with E-state index in [1.165, 1.54) is 7.11 Å². The third-order valence-corrected chi connectivity index (χ3v) is 4.74. The molecule has 0 aliphatic carbocycles. The van der Waals surface area contributed by atoms with Crippen LogP contribution < -0.4 is 11.1 Å². The summed E-state index contributed by atoms with van der Waals surface area (Å²) in [6.07, 6.45) is 1.71. The van der Waals surface area contributed by atoms with E-state index in [1.807, 2.05) is 43.3 Å². The van der Waals surface area contributed by atoms with Gasteiger partial charge in [0, 0.05) is 29.1 Å². The first kappa shape index (κ1) is 19.2. The lowest BCUT2D eigenvalue weighted by atomic mass is 10.0. The fraction of sp³-hybridized carbons (Fsp3) is 0.0870. The first-order chi connectivity index (χ1) is 14.6. The highest BCUT2D eigenvalue weighted by Gasteiger charge is 2.17. The zero-order valence-corrected chi connectivity index (χ0v) is 16.5. The van der Waals surface area contributed by atoms with Crippen molar-refractivity contribution in [2.75, 3.05) is 18.2 Å². The van der Waals surface area contributed by atoms with Gasteiger partial charge in [-0.2, -0.15) is 0 Å². The summed E-state index contributed by atoms with van der Waals surface area (Å²) in [4.78, 5) is 16.3. The lowest BCUT2D eigenvalue weighted by Gasteiger charge is -2.10. The Morgan fingerprint density at radius 1 is 1.10 bits per heavy atom. The van der Waals surface area contributed by atoms with E-state index in [9.17, 15) is 4.79 Å². The molecule has 0 spiro atoms. The van der Waals surface area contributed by atoms with E-state index in [4.69, 9.17) is 15.0 Å². The molecule has 4 aromatic rings. The number of nitrogens with two attached hydrogens (primary N) is 1. The van der Waals surface area contributed by atoms with Crippen molar-refractivity contribution in [1.82, 2.24) is 10.1 Å². The van der Waals surface area contributed by atoms with Gasteiger partial charge in [-0.05, 0) is 36.8 Å². The van der Waals surface area contributed by atoms with Crippen molar-refractivity contribution in [3.8, 4) is 22.6 Å². The zero-order valence-electron chi connectivity index (χ0n) is 16.5. The van der Waals surface area contributed by atoms with Gasteiger partial charge in [0.25, 0.3) is 0 Å². The van der Waals surface area contributed by atoms with Crippen molar-refractivity contribution in [3.05, 3.63) is 78.0 Å². The highest BCUT2D eigenvalue weighted by atomic mass is 16.5. The molecule has 7 heteroatoms. The second kappa shape index (κ2) is 8.08. The Hall–Kier alpha value is -4.13. The van der Waals surface area contributed by atoms with Crippen LogP contribution in [0.15, 0.2) is 71.4 Å². The SMILES string of the molecule is COC(=O)c1ccccc1-c1cc(-c2cccc(Nc3nccc(C)c3N)c2)on1. The van der Waals surface area contributed by atoms with Gasteiger partial charge in [-0.1, -0.05) is 35.5 Å². The van der Waals surface area contributed by atoms with Crippen molar-refractivity contribution in [1.29, 1.82) is 0 Å². The number of nitrogen functional groups attached to an aromatic ring is 1. The Morgan fingerprint density at radius 3 is 2.77 bits per heavy atom. The molecular weight excluding hydrogens is 380 g/mol. The average molecular weight is 400 g/mol. The van der Waals surface area contributed by atoms with Gasteiger partial charge in [0.1, 0.15) is 5.69 Å². The summed E-state index contributed by atoms with van der Waals surface area (Å²) < 4.78 is 10.4.